The minimum atomic E-state index is -0.557. The van der Waals surface area contributed by atoms with Crippen LogP contribution in [0.3, 0.4) is 0 Å². The van der Waals surface area contributed by atoms with Gasteiger partial charge in [0.05, 0.1) is 25.1 Å². The highest BCUT2D eigenvalue weighted by Crippen LogP contribution is 2.47. The van der Waals surface area contributed by atoms with E-state index in [4.69, 9.17) is 37.8 Å². The molecule has 0 spiro atoms. The van der Waals surface area contributed by atoms with Crippen molar-refractivity contribution < 1.29 is 23.8 Å². The van der Waals surface area contributed by atoms with Gasteiger partial charge in [0.25, 0.3) is 5.91 Å². The maximum Gasteiger partial charge on any atom is 0.274 e. The highest BCUT2D eigenvalue weighted by atomic mass is 35.5. The quantitative estimate of drug-likeness (QED) is 0.276. The fourth-order valence-electron chi connectivity index (χ4n) is 4.65. The van der Waals surface area contributed by atoms with Crippen LogP contribution in [0.25, 0.3) is 28.1 Å². The van der Waals surface area contributed by atoms with Gasteiger partial charge in [0.15, 0.2) is 5.69 Å². The lowest BCUT2D eigenvalue weighted by atomic mass is 9.94. The second-order valence-electron chi connectivity index (χ2n) is 10.5. The summed E-state index contributed by atoms with van der Waals surface area (Å²) in [5.41, 5.74) is 2.90. The molecule has 0 unspecified atom stereocenters. The molecule has 208 valence electrons. The van der Waals surface area contributed by atoms with Gasteiger partial charge < -0.3 is 19.5 Å². The number of nitrogens with zero attached hydrogens (tertiary/aromatic N) is 3. The maximum absolute atomic E-state index is 15.4. The molecule has 1 aromatic heterocycles. The minimum Gasteiger partial charge on any atom is -0.496 e. The summed E-state index contributed by atoms with van der Waals surface area (Å²) >= 11 is 12.7. The summed E-state index contributed by atoms with van der Waals surface area (Å²) < 4.78 is 28.8. The number of halogens is 3. The number of aromatic nitrogens is 2. The summed E-state index contributed by atoms with van der Waals surface area (Å²) in [5.74, 6) is 0.0252. The highest BCUT2D eigenvalue weighted by Gasteiger charge is 2.35. The van der Waals surface area contributed by atoms with Crippen molar-refractivity contribution in [3.05, 3.63) is 81.2 Å². The van der Waals surface area contributed by atoms with Gasteiger partial charge >= 0.3 is 0 Å². The predicted molar refractivity (Wildman–Crippen MR) is 153 cm³/mol. The molecule has 3 aromatic carbocycles. The van der Waals surface area contributed by atoms with Gasteiger partial charge in [0, 0.05) is 56.5 Å². The molecule has 10 heteroatoms. The fourth-order valence-corrected chi connectivity index (χ4v) is 5.17. The molecule has 2 heterocycles. The lowest BCUT2D eigenvalue weighted by molar-refractivity contribution is 0.0646. The summed E-state index contributed by atoms with van der Waals surface area (Å²) in [6, 6.07) is 13.2. The zero-order valence-electron chi connectivity index (χ0n) is 22.7. The van der Waals surface area contributed by atoms with Crippen LogP contribution in [-0.2, 0) is 13.2 Å². The summed E-state index contributed by atoms with van der Waals surface area (Å²) in [4.78, 5) is 15.3. The van der Waals surface area contributed by atoms with Crippen molar-refractivity contribution in [1.82, 2.24) is 14.7 Å². The molecule has 0 fully saturated rings. The Bertz CT molecular complexity index is 1620. The molecular weight excluding hydrogens is 556 g/mol. The Labute approximate surface area is 241 Å². The van der Waals surface area contributed by atoms with E-state index in [0.717, 1.165) is 0 Å². The standard InChI is InChI=1S/C30H28Cl2FN3O4/c1-30(2,3)35(4)29(38)27-23-15-40-25-13-24(39-5)21(20-8-6-7-16(14-37)26(20)33)12-22(25)28(23)36(34-27)19-10-17(31)9-18(32)11-19/h6-13,37H,14-15H2,1-5H3. The van der Waals surface area contributed by atoms with Crippen molar-refractivity contribution in [3.63, 3.8) is 0 Å². The van der Waals surface area contributed by atoms with Gasteiger partial charge in [0.1, 0.15) is 23.9 Å². The number of ether oxygens (including phenoxy) is 2. The van der Waals surface area contributed by atoms with Crippen LogP contribution in [-0.4, -0.2) is 45.4 Å². The van der Waals surface area contributed by atoms with Crippen LogP contribution < -0.4 is 9.47 Å². The van der Waals surface area contributed by atoms with E-state index in [1.54, 1.807) is 59.1 Å². The van der Waals surface area contributed by atoms with Crippen molar-refractivity contribution in [2.45, 2.75) is 39.5 Å². The van der Waals surface area contributed by atoms with E-state index in [2.05, 4.69) is 0 Å². The summed E-state index contributed by atoms with van der Waals surface area (Å²) in [7, 11) is 3.21. The van der Waals surface area contributed by atoms with Gasteiger partial charge in [-0.3, -0.25) is 4.79 Å². The first-order chi connectivity index (χ1) is 18.9. The van der Waals surface area contributed by atoms with Gasteiger partial charge in [-0.25, -0.2) is 9.07 Å². The molecule has 1 aliphatic heterocycles. The van der Waals surface area contributed by atoms with Gasteiger partial charge in [-0.1, -0.05) is 41.4 Å². The van der Waals surface area contributed by atoms with Crippen molar-refractivity contribution in [2.24, 2.45) is 0 Å². The Morgan fingerprint density at radius 2 is 1.82 bits per heavy atom. The van der Waals surface area contributed by atoms with Gasteiger partial charge in [0.2, 0.25) is 0 Å². The van der Waals surface area contributed by atoms with Crippen LogP contribution >= 0.6 is 23.2 Å². The number of hydrogen-bond acceptors (Lipinski definition) is 5. The van der Waals surface area contributed by atoms with Crippen LogP contribution in [0.5, 0.6) is 11.5 Å². The molecule has 4 aromatic rings. The van der Waals surface area contributed by atoms with Gasteiger partial charge in [-0.2, -0.15) is 5.10 Å². The number of benzene rings is 3. The van der Waals surface area contributed by atoms with Crippen molar-refractivity contribution in [3.8, 4) is 39.6 Å². The number of rotatable bonds is 5. The maximum atomic E-state index is 15.4. The van der Waals surface area contributed by atoms with Gasteiger partial charge in [-0.15, -0.1) is 0 Å². The van der Waals surface area contributed by atoms with Crippen LogP contribution in [0.2, 0.25) is 10.0 Å². The van der Waals surface area contributed by atoms with Crippen molar-refractivity contribution in [2.75, 3.05) is 14.2 Å². The van der Waals surface area contributed by atoms with Crippen LogP contribution in [0.1, 0.15) is 42.4 Å². The third-order valence-corrected chi connectivity index (χ3v) is 7.49. The third-order valence-electron chi connectivity index (χ3n) is 7.06. The smallest absolute Gasteiger partial charge is 0.274 e. The number of amides is 1. The van der Waals surface area contributed by atoms with E-state index >= 15 is 4.39 Å². The molecule has 0 saturated carbocycles. The first-order valence-electron chi connectivity index (χ1n) is 12.5. The lowest BCUT2D eigenvalue weighted by Gasteiger charge is -2.31. The normalized spacial score (nSPS) is 12.4. The van der Waals surface area contributed by atoms with Crippen LogP contribution in [0.4, 0.5) is 4.39 Å². The number of carbonyl (C=O) groups excluding carboxylic acids is 1. The van der Waals surface area contributed by atoms with E-state index in [9.17, 15) is 9.90 Å². The number of hydrogen-bond donors (Lipinski definition) is 1. The Hall–Kier alpha value is -3.59. The summed E-state index contributed by atoms with van der Waals surface area (Å²) in [5, 5.41) is 15.2. The molecule has 7 nitrogen and oxygen atoms in total. The fraction of sp³-hybridized carbons (Fsp3) is 0.267. The van der Waals surface area contributed by atoms with E-state index in [0.29, 0.717) is 49.6 Å². The molecule has 1 amide bonds. The summed E-state index contributed by atoms with van der Waals surface area (Å²) in [6.07, 6.45) is 0. The Morgan fingerprint density at radius 3 is 2.45 bits per heavy atom. The number of carbonyl (C=O) groups is 1. The third kappa shape index (κ3) is 4.80. The molecule has 5 rings (SSSR count). The second kappa shape index (κ2) is 10.4. The molecule has 1 N–H and O–H groups in total. The largest absolute Gasteiger partial charge is 0.496 e. The van der Waals surface area contributed by atoms with E-state index in [1.165, 1.54) is 13.2 Å². The SMILES string of the molecule is COc1cc2c(cc1-c1cccc(CO)c1F)-c1c(c(C(=O)N(C)C(C)(C)C)nn1-c1cc(Cl)cc(Cl)c1)CO2. The molecule has 0 bridgehead atoms. The molecule has 0 atom stereocenters. The lowest BCUT2D eigenvalue weighted by Crippen LogP contribution is -2.43. The topological polar surface area (TPSA) is 76.8 Å². The number of aliphatic hydroxyl groups excluding tert-OH is 1. The zero-order valence-corrected chi connectivity index (χ0v) is 24.2. The summed E-state index contributed by atoms with van der Waals surface area (Å²) in [6.45, 7) is 5.43. The Morgan fingerprint density at radius 1 is 1.12 bits per heavy atom. The monoisotopic (exact) mass is 583 g/mol. The second-order valence-corrected chi connectivity index (χ2v) is 11.4. The first kappa shape index (κ1) is 28.0. The Kier molecular flexibility index (Phi) is 7.29. The average molecular weight is 584 g/mol. The molecule has 40 heavy (non-hydrogen) atoms. The van der Waals surface area contributed by atoms with E-state index < -0.39 is 18.0 Å². The first-order valence-corrected chi connectivity index (χ1v) is 13.3. The average Bonchev–Trinajstić information content (AvgIpc) is 3.31. The molecule has 0 aliphatic carbocycles. The van der Waals surface area contributed by atoms with Gasteiger partial charge in [-0.05, 0) is 45.0 Å². The van der Waals surface area contributed by atoms with E-state index in [-0.39, 0.29) is 29.3 Å². The van der Waals surface area contributed by atoms with Crippen molar-refractivity contribution >= 4 is 29.1 Å². The number of fused-ring (bicyclic) bond motifs is 3. The molecule has 1 aliphatic rings. The Balaban J connectivity index is 1.81. The zero-order chi connectivity index (χ0) is 28.9. The molecular formula is C30H28Cl2FN3O4. The van der Waals surface area contributed by atoms with E-state index in [1.807, 2.05) is 20.8 Å². The molecule has 0 saturated heterocycles. The van der Waals surface area contributed by atoms with Crippen LogP contribution in [0.15, 0.2) is 48.5 Å². The number of aliphatic hydroxyl groups is 1. The highest BCUT2D eigenvalue weighted by molar-refractivity contribution is 6.34. The molecule has 0 radical (unpaired) electrons. The van der Waals surface area contributed by atoms with Crippen LogP contribution in [0, 0.1) is 5.82 Å². The number of methoxy groups -OCH3 is 1. The minimum absolute atomic E-state index is 0.0759. The van der Waals surface area contributed by atoms with Crippen molar-refractivity contribution in [1.29, 1.82) is 0 Å². The predicted octanol–water partition coefficient (Wildman–Crippen LogP) is 6.92.